The Morgan fingerprint density at radius 2 is 0.950 bits per heavy atom. The van der Waals surface area contributed by atoms with Gasteiger partial charge in [-0.3, -0.25) is 0 Å². The molecule has 0 saturated heterocycles. The topological polar surface area (TPSA) is 54.0 Å². The molecule has 104 valence electrons. The van der Waals surface area contributed by atoms with E-state index >= 15 is 0 Å². The molecule has 2 rings (SSSR count). The Kier molecular flexibility index (Phi) is 4.80. The summed E-state index contributed by atoms with van der Waals surface area (Å²) in [6.07, 6.45) is 0. The molecule has 0 spiro atoms. The fraction of sp³-hybridized carbons (Fsp3) is 0.143. The van der Waals surface area contributed by atoms with Gasteiger partial charge >= 0.3 is 8.25 Å². The van der Waals surface area contributed by atoms with E-state index in [1.54, 1.807) is 62.8 Å². The van der Waals surface area contributed by atoms with Crippen LogP contribution < -0.4 is 18.5 Å². The van der Waals surface area contributed by atoms with Gasteiger partial charge in [-0.25, -0.2) is 9.05 Å². The molecule has 0 saturated carbocycles. The highest BCUT2D eigenvalue weighted by atomic mass is 31.1. The first kappa shape index (κ1) is 14.2. The Balaban J connectivity index is 1.93. The van der Waals surface area contributed by atoms with E-state index in [1.807, 2.05) is 0 Å². The summed E-state index contributed by atoms with van der Waals surface area (Å²) in [7, 11) is 0.853. The van der Waals surface area contributed by atoms with Gasteiger partial charge in [0.05, 0.1) is 14.2 Å². The molecule has 0 aliphatic rings. The van der Waals surface area contributed by atoms with Gasteiger partial charge in [-0.2, -0.15) is 0 Å². The Bertz CT molecular complexity index is 514. The molecule has 6 heteroatoms. The van der Waals surface area contributed by atoms with Crippen molar-refractivity contribution < 1.29 is 23.1 Å². The predicted molar refractivity (Wildman–Crippen MR) is 74.9 cm³/mol. The van der Waals surface area contributed by atoms with E-state index in [0.29, 0.717) is 23.0 Å². The molecular weight excluding hydrogens is 279 g/mol. The molecule has 0 aliphatic carbocycles. The molecule has 0 amide bonds. The number of hydrogen-bond donors (Lipinski definition) is 0. The number of ether oxygens (including phenoxy) is 2. The van der Waals surface area contributed by atoms with Crippen molar-refractivity contribution >= 4 is 8.25 Å². The molecule has 0 aromatic heterocycles. The second-order valence-corrected chi connectivity index (χ2v) is 4.57. The molecule has 0 bridgehead atoms. The highest BCUT2D eigenvalue weighted by Crippen LogP contribution is 2.31. The predicted octanol–water partition coefficient (Wildman–Crippen LogP) is 3.82. The van der Waals surface area contributed by atoms with Gasteiger partial charge in [-0.15, -0.1) is 0 Å². The summed E-state index contributed by atoms with van der Waals surface area (Å²) in [5.41, 5.74) is 0. The van der Waals surface area contributed by atoms with E-state index in [2.05, 4.69) is 0 Å². The van der Waals surface area contributed by atoms with Crippen LogP contribution in [0.3, 0.4) is 0 Å². The average Bonchev–Trinajstić information content (AvgIpc) is 2.49. The molecule has 2 aromatic rings. The summed E-state index contributed by atoms with van der Waals surface area (Å²) in [6.45, 7) is 0. The van der Waals surface area contributed by atoms with Gasteiger partial charge in [0.25, 0.3) is 0 Å². The van der Waals surface area contributed by atoms with Gasteiger partial charge in [0.1, 0.15) is 11.5 Å². The van der Waals surface area contributed by atoms with Gasteiger partial charge in [0.15, 0.2) is 11.5 Å². The number of methoxy groups -OCH3 is 2. The van der Waals surface area contributed by atoms with Gasteiger partial charge < -0.3 is 9.47 Å². The zero-order chi connectivity index (χ0) is 14.4. The minimum Gasteiger partial charge on any atom is -0.497 e. The normalized spacial score (nSPS) is 9.70. The van der Waals surface area contributed by atoms with E-state index in [4.69, 9.17) is 18.5 Å². The molecule has 0 N–H and O–H groups in total. The van der Waals surface area contributed by atoms with E-state index in [9.17, 15) is 4.57 Å². The monoisotopic (exact) mass is 293 g/mol. The third kappa shape index (κ3) is 3.87. The maximum absolute atomic E-state index is 11.7. The van der Waals surface area contributed by atoms with Crippen LogP contribution in [0.15, 0.2) is 48.5 Å². The van der Waals surface area contributed by atoms with Gasteiger partial charge in [-0.05, 0) is 48.5 Å². The van der Waals surface area contributed by atoms with Crippen LogP contribution in [-0.4, -0.2) is 14.2 Å². The lowest BCUT2D eigenvalue weighted by Crippen LogP contribution is -1.89. The molecule has 20 heavy (non-hydrogen) atoms. The van der Waals surface area contributed by atoms with E-state index in [0.717, 1.165) is 0 Å². The van der Waals surface area contributed by atoms with Gasteiger partial charge in [0.2, 0.25) is 0 Å². The van der Waals surface area contributed by atoms with Crippen LogP contribution in [0.1, 0.15) is 0 Å². The van der Waals surface area contributed by atoms with Crippen LogP contribution in [0.4, 0.5) is 0 Å². The van der Waals surface area contributed by atoms with Crippen LogP contribution in [0.5, 0.6) is 23.0 Å². The maximum Gasteiger partial charge on any atom is 0.805 e. The lowest BCUT2D eigenvalue weighted by molar-refractivity contribution is 0.405. The SMILES string of the molecule is COc1ccc(O[P+](=O)Oc2ccc(OC)cc2)cc1. The molecule has 0 aliphatic heterocycles. The van der Waals surface area contributed by atoms with Crippen LogP contribution >= 0.6 is 8.25 Å². The minimum absolute atomic E-state index is 0.445. The van der Waals surface area contributed by atoms with Gasteiger partial charge in [-0.1, -0.05) is 0 Å². The zero-order valence-corrected chi connectivity index (χ0v) is 12.0. The van der Waals surface area contributed by atoms with Crippen molar-refractivity contribution in [3.8, 4) is 23.0 Å². The van der Waals surface area contributed by atoms with E-state index < -0.39 is 8.25 Å². The average molecular weight is 293 g/mol. The van der Waals surface area contributed by atoms with Crippen LogP contribution in [-0.2, 0) is 4.57 Å². The van der Waals surface area contributed by atoms with Crippen LogP contribution in [0, 0.1) is 0 Å². The van der Waals surface area contributed by atoms with Crippen molar-refractivity contribution in [2.45, 2.75) is 0 Å². The summed E-state index contributed by atoms with van der Waals surface area (Å²) in [6, 6.07) is 13.5. The minimum atomic E-state index is -2.29. The molecule has 0 radical (unpaired) electrons. The van der Waals surface area contributed by atoms with Crippen molar-refractivity contribution in [3.63, 3.8) is 0 Å². The van der Waals surface area contributed by atoms with Crippen molar-refractivity contribution in [2.75, 3.05) is 14.2 Å². The molecule has 2 aromatic carbocycles. The molecule has 5 nitrogen and oxygen atoms in total. The molecule has 0 fully saturated rings. The largest absolute Gasteiger partial charge is 0.805 e. The maximum atomic E-state index is 11.7. The van der Waals surface area contributed by atoms with Crippen molar-refractivity contribution in [3.05, 3.63) is 48.5 Å². The molecular formula is C14H14O5P+. The molecule has 0 heterocycles. The lowest BCUT2D eigenvalue weighted by Gasteiger charge is -1.99. The fourth-order valence-corrected chi connectivity index (χ4v) is 2.09. The highest BCUT2D eigenvalue weighted by molar-refractivity contribution is 7.34. The Hall–Kier alpha value is -2.26. The second kappa shape index (κ2) is 6.78. The fourth-order valence-electron chi connectivity index (χ4n) is 1.46. The Morgan fingerprint density at radius 3 is 1.25 bits per heavy atom. The lowest BCUT2D eigenvalue weighted by atomic mass is 10.3. The number of hydrogen-bond acceptors (Lipinski definition) is 5. The zero-order valence-electron chi connectivity index (χ0n) is 11.1. The first-order valence-corrected chi connectivity index (χ1v) is 6.92. The quantitative estimate of drug-likeness (QED) is 0.758. The van der Waals surface area contributed by atoms with E-state index in [1.165, 1.54) is 0 Å². The first-order valence-electron chi connectivity index (χ1n) is 5.82. The number of benzene rings is 2. The molecule has 0 atom stereocenters. The number of rotatable bonds is 6. The van der Waals surface area contributed by atoms with Crippen LogP contribution in [0.2, 0.25) is 0 Å². The highest BCUT2D eigenvalue weighted by Gasteiger charge is 2.24. The second-order valence-electron chi connectivity index (χ2n) is 3.76. The molecule has 0 unspecified atom stereocenters. The standard InChI is InChI=1S/C14H14O5P/c1-16-11-3-7-13(8-4-11)18-20(15)19-14-9-5-12(17-2)6-10-14/h3-10H,1-2H3/q+1. The summed E-state index contributed by atoms with van der Waals surface area (Å²) in [4.78, 5) is 0. The van der Waals surface area contributed by atoms with Crippen molar-refractivity contribution in [2.24, 2.45) is 0 Å². The smallest absolute Gasteiger partial charge is 0.497 e. The Labute approximate surface area is 118 Å². The summed E-state index contributed by atoms with van der Waals surface area (Å²) < 4.78 is 32.1. The summed E-state index contributed by atoms with van der Waals surface area (Å²) >= 11 is 0. The Morgan fingerprint density at radius 1 is 0.650 bits per heavy atom. The summed E-state index contributed by atoms with van der Waals surface area (Å²) in [5, 5.41) is 0. The summed E-state index contributed by atoms with van der Waals surface area (Å²) in [5.74, 6) is 2.29. The van der Waals surface area contributed by atoms with Gasteiger partial charge in [0, 0.05) is 4.57 Å². The first-order chi connectivity index (χ1) is 9.71. The van der Waals surface area contributed by atoms with E-state index in [-0.39, 0.29) is 0 Å². The van der Waals surface area contributed by atoms with Crippen molar-refractivity contribution in [1.29, 1.82) is 0 Å². The third-order valence-electron chi connectivity index (χ3n) is 2.48. The van der Waals surface area contributed by atoms with Crippen LogP contribution in [0.25, 0.3) is 0 Å². The third-order valence-corrected chi connectivity index (χ3v) is 3.20. The van der Waals surface area contributed by atoms with Crippen molar-refractivity contribution in [1.82, 2.24) is 0 Å².